The van der Waals surface area contributed by atoms with Crippen LogP contribution in [0.2, 0.25) is 0 Å². The van der Waals surface area contributed by atoms with E-state index in [2.05, 4.69) is 0 Å². The summed E-state index contributed by atoms with van der Waals surface area (Å²) in [6.45, 7) is 3.44. The molecule has 0 radical (unpaired) electrons. The largest absolute Gasteiger partial charge is 0.456 e. The van der Waals surface area contributed by atoms with Crippen LogP contribution in [0.1, 0.15) is 35.9 Å². The van der Waals surface area contributed by atoms with E-state index in [4.69, 9.17) is 10.5 Å². The van der Waals surface area contributed by atoms with Crippen LogP contribution in [-0.2, 0) is 11.3 Å². The highest BCUT2D eigenvalue weighted by Crippen LogP contribution is 2.18. The number of carbonyl (C=O) groups excluding carboxylic acids is 1. The maximum Gasteiger partial charge on any atom is 0.355 e. The van der Waals surface area contributed by atoms with Crippen molar-refractivity contribution in [3.63, 3.8) is 0 Å². The SMILES string of the molecule is CC(C)n1cc(N)cc1C(=O)OCc1cc(F)ccc1F. The molecule has 21 heavy (non-hydrogen) atoms. The van der Waals surface area contributed by atoms with E-state index in [0.29, 0.717) is 5.69 Å². The zero-order valence-corrected chi connectivity index (χ0v) is 11.8. The van der Waals surface area contributed by atoms with E-state index >= 15 is 0 Å². The quantitative estimate of drug-likeness (QED) is 0.880. The van der Waals surface area contributed by atoms with E-state index in [0.717, 1.165) is 18.2 Å². The number of aromatic nitrogens is 1. The molecule has 2 rings (SSSR count). The highest BCUT2D eigenvalue weighted by Gasteiger charge is 2.17. The summed E-state index contributed by atoms with van der Waals surface area (Å²) < 4.78 is 33.2. The number of carbonyl (C=O) groups is 1. The second kappa shape index (κ2) is 5.95. The molecule has 0 bridgehead atoms. The molecular weight excluding hydrogens is 278 g/mol. The summed E-state index contributed by atoms with van der Waals surface area (Å²) in [6.07, 6.45) is 1.63. The Balaban J connectivity index is 2.14. The molecule has 1 aromatic heterocycles. The second-order valence-electron chi connectivity index (χ2n) is 4.97. The van der Waals surface area contributed by atoms with Crippen molar-refractivity contribution >= 4 is 11.7 Å². The minimum Gasteiger partial charge on any atom is -0.456 e. The molecule has 0 saturated heterocycles. The van der Waals surface area contributed by atoms with Crippen molar-refractivity contribution in [2.24, 2.45) is 0 Å². The number of benzene rings is 1. The molecular formula is C15H16F2N2O2. The van der Waals surface area contributed by atoms with Gasteiger partial charge in [0, 0.05) is 17.8 Å². The van der Waals surface area contributed by atoms with E-state index in [9.17, 15) is 13.6 Å². The molecule has 0 atom stereocenters. The van der Waals surface area contributed by atoms with Gasteiger partial charge < -0.3 is 15.0 Å². The molecule has 2 aromatic rings. The molecule has 0 aliphatic carbocycles. The minimum atomic E-state index is -0.635. The average Bonchev–Trinajstić information content (AvgIpc) is 2.82. The van der Waals surface area contributed by atoms with Crippen molar-refractivity contribution in [2.45, 2.75) is 26.5 Å². The van der Waals surface area contributed by atoms with Crippen LogP contribution in [-0.4, -0.2) is 10.5 Å². The molecule has 0 aliphatic heterocycles. The van der Waals surface area contributed by atoms with Gasteiger partial charge in [0.2, 0.25) is 0 Å². The highest BCUT2D eigenvalue weighted by atomic mass is 19.1. The first kappa shape index (κ1) is 15.0. The van der Waals surface area contributed by atoms with Crippen molar-refractivity contribution in [1.29, 1.82) is 0 Å². The van der Waals surface area contributed by atoms with Gasteiger partial charge in [-0.15, -0.1) is 0 Å². The number of nitrogens with zero attached hydrogens (tertiary/aromatic N) is 1. The third-order valence-electron chi connectivity index (χ3n) is 3.00. The fraction of sp³-hybridized carbons (Fsp3) is 0.267. The van der Waals surface area contributed by atoms with E-state index in [1.54, 1.807) is 10.8 Å². The molecule has 0 spiro atoms. The predicted molar refractivity (Wildman–Crippen MR) is 74.7 cm³/mol. The number of ether oxygens (including phenoxy) is 1. The van der Waals surface area contributed by atoms with E-state index < -0.39 is 17.6 Å². The maximum atomic E-state index is 13.5. The van der Waals surface area contributed by atoms with E-state index in [1.165, 1.54) is 6.07 Å². The molecule has 0 aliphatic rings. The standard InChI is InChI=1S/C15H16F2N2O2/c1-9(2)19-7-12(18)6-14(19)15(20)21-8-10-5-11(16)3-4-13(10)17/h3-7,9H,8,18H2,1-2H3. The zero-order valence-electron chi connectivity index (χ0n) is 11.8. The number of rotatable bonds is 4. The van der Waals surface area contributed by atoms with Crippen molar-refractivity contribution in [3.8, 4) is 0 Å². The lowest BCUT2D eigenvalue weighted by atomic mass is 10.2. The summed E-state index contributed by atoms with van der Waals surface area (Å²) in [7, 11) is 0. The summed E-state index contributed by atoms with van der Waals surface area (Å²) in [5.74, 6) is -1.84. The zero-order chi connectivity index (χ0) is 15.6. The molecule has 0 unspecified atom stereocenters. The van der Waals surface area contributed by atoms with Crippen LogP contribution in [0.25, 0.3) is 0 Å². The first-order chi connectivity index (χ1) is 9.88. The second-order valence-corrected chi connectivity index (χ2v) is 4.97. The van der Waals surface area contributed by atoms with Gasteiger partial charge in [-0.05, 0) is 38.1 Å². The van der Waals surface area contributed by atoms with Crippen LogP contribution in [0.15, 0.2) is 30.5 Å². The third kappa shape index (κ3) is 3.39. The first-order valence-corrected chi connectivity index (χ1v) is 6.47. The molecule has 0 amide bonds. The lowest BCUT2D eigenvalue weighted by Gasteiger charge is -2.12. The van der Waals surface area contributed by atoms with Crippen molar-refractivity contribution in [2.75, 3.05) is 5.73 Å². The number of nitrogens with two attached hydrogens (primary N) is 1. The molecule has 1 heterocycles. The Kier molecular flexibility index (Phi) is 4.26. The molecule has 0 saturated carbocycles. The fourth-order valence-electron chi connectivity index (χ4n) is 1.96. The van der Waals surface area contributed by atoms with Gasteiger partial charge in [-0.2, -0.15) is 0 Å². The Labute approximate surface area is 121 Å². The Bertz CT molecular complexity index is 666. The van der Waals surface area contributed by atoms with Gasteiger partial charge in [0.1, 0.15) is 23.9 Å². The minimum absolute atomic E-state index is 0.0148. The number of hydrogen-bond donors (Lipinski definition) is 1. The van der Waals surface area contributed by atoms with Crippen LogP contribution in [0.4, 0.5) is 14.5 Å². The Morgan fingerprint density at radius 3 is 2.71 bits per heavy atom. The van der Waals surface area contributed by atoms with Crippen LogP contribution in [0, 0.1) is 11.6 Å². The van der Waals surface area contributed by atoms with Gasteiger partial charge in [-0.25, -0.2) is 13.6 Å². The molecule has 2 N–H and O–H groups in total. The summed E-state index contributed by atoms with van der Waals surface area (Å²) in [4.78, 5) is 12.0. The molecule has 0 fully saturated rings. The fourth-order valence-corrected chi connectivity index (χ4v) is 1.96. The van der Waals surface area contributed by atoms with Gasteiger partial charge in [-0.1, -0.05) is 0 Å². The number of anilines is 1. The average molecular weight is 294 g/mol. The van der Waals surface area contributed by atoms with Gasteiger partial charge >= 0.3 is 5.97 Å². The molecule has 112 valence electrons. The van der Waals surface area contributed by atoms with Crippen molar-refractivity contribution in [3.05, 3.63) is 53.4 Å². The molecule has 1 aromatic carbocycles. The number of halogens is 2. The number of esters is 1. The summed E-state index contributed by atoms with van der Waals surface area (Å²) in [5.41, 5.74) is 6.37. The monoisotopic (exact) mass is 294 g/mol. The smallest absolute Gasteiger partial charge is 0.355 e. The maximum absolute atomic E-state index is 13.5. The van der Waals surface area contributed by atoms with E-state index in [-0.39, 0.29) is 23.9 Å². The Morgan fingerprint density at radius 2 is 2.05 bits per heavy atom. The van der Waals surface area contributed by atoms with Crippen molar-refractivity contribution in [1.82, 2.24) is 4.57 Å². The molecule has 4 nitrogen and oxygen atoms in total. The summed E-state index contributed by atoms with van der Waals surface area (Å²) in [6, 6.07) is 4.51. The Morgan fingerprint density at radius 1 is 1.33 bits per heavy atom. The molecule has 6 heteroatoms. The van der Waals surface area contributed by atoms with Crippen LogP contribution in [0.5, 0.6) is 0 Å². The van der Waals surface area contributed by atoms with Gasteiger partial charge in [-0.3, -0.25) is 0 Å². The van der Waals surface area contributed by atoms with Gasteiger partial charge in [0.05, 0.1) is 5.69 Å². The predicted octanol–water partition coefficient (Wildman–Crippen LogP) is 3.29. The Hall–Kier alpha value is -2.37. The van der Waals surface area contributed by atoms with Gasteiger partial charge in [0.25, 0.3) is 0 Å². The normalized spacial score (nSPS) is 10.9. The number of nitrogen functional groups attached to an aromatic ring is 1. The van der Waals surface area contributed by atoms with Crippen molar-refractivity contribution < 1.29 is 18.3 Å². The van der Waals surface area contributed by atoms with E-state index in [1.807, 2.05) is 13.8 Å². The highest BCUT2D eigenvalue weighted by molar-refractivity contribution is 5.89. The number of hydrogen-bond acceptors (Lipinski definition) is 3. The van der Waals surface area contributed by atoms with Crippen LogP contribution in [0.3, 0.4) is 0 Å². The first-order valence-electron chi connectivity index (χ1n) is 6.47. The summed E-state index contributed by atoms with van der Waals surface area (Å²) >= 11 is 0. The lowest BCUT2D eigenvalue weighted by Crippen LogP contribution is -2.13. The van der Waals surface area contributed by atoms with Crippen LogP contribution >= 0.6 is 0 Å². The lowest BCUT2D eigenvalue weighted by molar-refractivity contribution is 0.0454. The summed E-state index contributed by atoms with van der Waals surface area (Å²) in [5, 5.41) is 0. The topological polar surface area (TPSA) is 57.2 Å². The van der Waals surface area contributed by atoms with Gasteiger partial charge in [0.15, 0.2) is 0 Å². The third-order valence-corrected chi connectivity index (χ3v) is 3.00. The van der Waals surface area contributed by atoms with Crippen LogP contribution < -0.4 is 5.73 Å².